The quantitative estimate of drug-likeness (QED) is 0.922. The number of hydrogen-bond donors (Lipinski definition) is 1. The average Bonchev–Trinajstić information content (AvgIpc) is 2.41. The van der Waals surface area contributed by atoms with E-state index in [1.807, 2.05) is 6.07 Å². The topological polar surface area (TPSA) is 44.0 Å². The molecule has 18 heavy (non-hydrogen) atoms. The molecule has 0 aliphatic heterocycles. The third kappa shape index (κ3) is 2.58. The summed E-state index contributed by atoms with van der Waals surface area (Å²) >= 11 is 3.24. The smallest absolute Gasteiger partial charge is 0.129 e. The Bertz CT molecular complexity index is 604. The zero-order chi connectivity index (χ0) is 13.1. The number of benzene rings is 2. The SMILES string of the molecule is N#Cc1ccc(C(O)c2cc(Br)ccc2F)cc1. The lowest BCUT2D eigenvalue weighted by molar-refractivity contribution is 0.215. The van der Waals surface area contributed by atoms with Gasteiger partial charge in [-0.1, -0.05) is 28.1 Å². The molecule has 2 nitrogen and oxygen atoms in total. The van der Waals surface area contributed by atoms with Crippen molar-refractivity contribution in [1.82, 2.24) is 0 Å². The van der Waals surface area contributed by atoms with Gasteiger partial charge in [0.1, 0.15) is 11.9 Å². The van der Waals surface area contributed by atoms with Crippen LogP contribution >= 0.6 is 15.9 Å². The summed E-state index contributed by atoms with van der Waals surface area (Å²) in [5.74, 6) is -0.463. The molecule has 0 aliphatic carbocycles. The largest absolute Gasteiger partial charge is 0.384 e. The minimum atomic E-state index is -1.05. The van der Waals surface area contributed by atoms with Crippen molar-refractivity contribution in [3.8, 4) is 6.07 Å². The van der Waals surface area contributed by atoms with Crippen molar-refractivity contribution < 1.29 is 9.50 Å². The van der Waals surface area contributed by atoms with Gasteiger partial charge in [0.05, 0.1) is 11.6 Å². The lowest BCUT2D eigenvalue weighted by Crippen LogP contribution is -2.02. The highest BCUT2D eigenvalue weighted by Crippen LogP contribution is 2.27. The van der Waals surface area contributed by atoms with Crippen LogP contribution in [0.15, 0.2) is 46.9 Å². The van der Waals surface area contributed by atoms with Crippen LogP contribution in [0.1, 0.15) is 22.8 Å². The van der Waals surface area contributed by atoms with E-state index >= 15 is 0 Å². The Morgan fingerprint density at radius 3 is 2.44 bits per heavy atom. The van der Waals surface area contributed by atoms with Crippen LogP contribution in [0.5, 0.6) is 0 Å². The van der Waals surface area contributed by atoms with Gasteiger partial charge in [-0.2, -0.15) is 5.26 Å². The summed E-state index contributed by atoms with van der Waals surface area (Å²) < 4.78 is 14.3. The minimum Gasteiger partial charge on any atom is -0.384 e. The summed E-state index contributed by atoms with van der Waals surface area (Å²) in [5, 5.41) is 18.8. The highest BCUT2D eigenvalue weighted by Gasteiger charge is 2.15. The number of rotatable bonds is 2. The lowest BCUT2D eigenvalue weighted by atomic mass is 10.0. The first-order valence-corrected chi connectivity index (χ1v) is 6.04. The Hall–Kier alpha value is -1.70. The summed E-state index contributed by atoms with van der Waals surface area (Å²) in [6.07, 6.45) is -1.05. The van der Waals surface area contributed by atoms with Gasteiger partial charge >= 0.3 is 0 Å². The lowest BCUT2D eigenvalue weighted by Gasteiger charge is -2.12. The Kier molecular flexibility index (Phi) is 3.75. The molecule has 2 aromatic carbocycles. The monoisotopic (exact) mass is 305 g/mol. The van der Waals surface area contributed by atoms with Crippen LogP contribution in [0.25, 0.3) is 0 Å². The molecule has 1 unspecified atom stereocenters. The highest BCUT2D eigenvalue weighted by molar-refractivity contribution is 9.10. The maximum atomic E-state index is 13.6. The van der Waals surface area contributed by atoms with Crippen LogP contribution in [-0.2, 0) is 0 Å². The average molecular weight is 306 g/mol. The van der Waals surface area contributed by atoms with Gasteiger partial charge in [-0.3, -0.25) is 0 Å². The van der Waals surface area contributed by atoms with E-state index in [9.17, 15) is 9.50 Å². The van der Waals surface area contributed by atoms with E-state index in [1.54, 1.807) is 30.3 Å². The Labute approximate surface area is 112 Å². The molecule has 0 heterocycles. The zero-order valence-electron chi connectivity index (χ0n) is 9.27. The van der Waals surface area contributed by atoms with Gasteiger partial charge in [0, 0.05) is 10.0 Å². The normalized spacial score (nSPS) is 11.9. The number of hydrogen-bond acceptors (Lipinski definition) is 2. The summed E-state index contributed by atoms with van der Waals surface area (Å²) in [5.41, 5.74) is 1.25. The first kappa shape index (κ1) is 12.7. The van der Waals surface area contributed by atoms with Crippen molar-refractivity contribution in [1.29, 1.82) is 5.26 Å². The molecule has 2 rings (SSSR count). The van der Waals surface area contributed by atoms with Crippen molar-refractivity contribution in [2.45, 2.75) is 6.10 Å². The van der Waals surface area contributed by atoms with Gasteiger partial charge in [-0.05, 0) is 35.9 Å². The van der Waals surface area contributed by atoms with E-state index in [4.69, 9.17) is 5.26 Å². The summed E-state index contributed by atoms with van der Waals surface area (Å²) in [6, 6.07) is 12.8. The van der Waals surface area contributed by atoms with Crippen LogP contribution in [0.4, 0.5) is 4.39 Å². The number of aliphatic hydroxyl groups is 1. The van der Waals surface area contributed by atoms with Crippen LogP contribution in [-0.4, -0.2) is 5.11 Å². The number of halogens is 2. The molecular weight excluding hydrogens is 297 g/mol. The number of nitrogens with zero attached hydrogens (tertiary/aromatic N) is 1. The molecule has 0 aromatic heterocycles. The highest BCUT2D eigenvalue weighted by atomic mass is 79.9. The fraction of sp³-hybridized carbons (Fsp3) is 0.0714. The number of aliphatic hydroxyl groups excluding tert-OH is 1. The van der Waals surface area contributed by atoms with E-state index < -0.39 is 11.9 Å². The van der Waals surface area contributed by atoms with Gasteiger partial charge in [-0.25, -0.2) is 4.39 Å². The van der Waals surface area contributed by atoms with Crippen LogP contribution in [0.3, 0.4) is 0 Å². The molecule has 0 aliphatic rings. The van der Waals surface area contributed by atoms with E-state index in [2.05, 4.69) is 15.9 Å². The molecule has 0 fully saturated rings. The molecule has 1 atom stereocenters. The van der Waals surface area contributed by atoms with Crippen LogP contribution in [0.2, 0.25) is 0 Å². The van der Waals surface area contributed by atoms with Crippen LogP contribution < -0.4 is 0 Å². The second kappa shape index (κ2) is 5.30. The van der Waals surface area contributed by atoms with Gasteiger partial charge in [0.15, 0.2) is 0 Å². The molecule has 2 aromatic rings. The molecule has 0 bridgehead atoms. The second-order valence-electron chi connectivity index (χ2n) is 3.80. The van der Waals surface area contributed by atoms with Crippen LogP contribution in [0, 0.1) is 17.1 Å². The molecule has 0 saturated carbocycles. The molecule has 0 spiro atoms. The van der Waals surface area contributed by atoms with Crippen molar-refractivity contribution >= 4 is 15.9 Å². The Morgan fingerprint density at radius 1 is 1.17 bits per heavy atom. The Morgan fingerprint density at radius 2 is 1.83 bits per heavy atom. The molecule has 1 N–H and O–H groups in total. The van der Waals surface area contributed by atoms with Gasteiger partial charge in [0.25, 0.3) is 0 Å². The minimum absolute atomic E-state index is 0.203. The molecule has 0 amide bonds. The molecule has 4 heteroatoms. The number of nitriles is 1. The summed E-state index contributed by atoms with van der Waals surface area (Å²) in [4.78, 5) is 0. The van der Waals surface area contributed by atoms with Crippen molar-refractivity contribution in [3.63, 3.8) is 0 Å². The second-order valence-corrected chi connectivity index (χ2v) is 4.72. The maximum absolute atomic E-state index is 13.6. The van der Waals surface area contributed by atoms with Crippen molar-refractivity contribution in [3.05, 3.63) is 69.4 Å². The van der Waals surface area contributed by atoms with E-state index in [0.29, 0.717) is 15.6 Å². The maximum Gasteiger partial charge on any atom is 0.129 e. The van der Waals surface area contributed by atoms with Crippen molar-refractivity contribution in [2.75, 3.05) is 0 Å². The third-order valence-electron chi connectivity index (χ3n) is 2.61. The summed E-state index contributed by atoms with van der Waals surface area (Å²) in [6.45, 7) is 0. The first-order chi connectivity index (χ1) is 8.61. The Balaban J connectivity index is 2.38. The molecular formula is C14H9BrFNO. The fourth-order valence-corrected chi connectivity index (χ4v) is 2.02. The van der Waals surface area contributed by atoms with Gasteiger partial charge in [0.2, 0.25) is 0 Å². The first-order valence-electron chi connectivity index (χ1n) is 5.25. The molecule has 90 valence electrons. The van der Waals surface area contributed by atoms with Gasteiger partial charge in [-0.15, -0.1) is 0 Å². The van der Waals surface area contributed by atoms with E-state index in [0.717, 1.165) is 0 Å². The fourth-order valence-electron chi connectivity index (χ4n) is 1.64. The predicted molar refractivity (Wildman–Crippen MR) is 69.3 cm³/mol. The molecule has 0 saturated heterocycles. The van der Waals surface area contributed by atoms with Gasteiger partial charge < -0.3 is 5.11 Å². The third-order valence-corrected chi connectivity index (χ3v) is 3.10. The summed E-state index contributed by atoms with van der Waals surface area (Å²) in [7, 11) is 0. The van der Waals surface area contributed by atoms with E-state index in [-0.39, 0.29) is 5.56 Å². The standard InChI is InChI=1S/C14H9BrFNO/c15-11-5-6-13(16)12(7-11)14(18)10-3-1-9(8-17)2-4-10/h1-7,14,18H. The zero-order valence-corrected chi connectivity index (χ0v) is 10.9. The molecule has 0 radical (unpaired) electrons. The van der Waals surface area contributed by atoms with Crippen molar-refractivity contribution in [2.24, 2.45) is 0 Å². The predicted octanol–water partition coefficient (Wildman–Crippen LogP) is 3.54. The van der Waals surface area contributed by atoms with E-state index in [1.165, 1.54) is 12.1 Å².